The van der Waals surface area contributed by atoms with Crippen LogP contribution in [0.3, 0.4) is 0 Å². The normalized spacial score (nSPS) is 12.8. The lowest BCUT2D eigenvalue weighted by Gasteiger charge is -2.17. The number of benzene rings is 1. The van der Waals surface area contributed by atoms with Crippen LogP contribution in [0.2, 0.25) is 0 Å². The Morgan fingerprint density at radius 3 is 2.80 bits per heavy atom. The quantitative estimate of drug-likeness (QED) is 0.814. The van der Waals surface area contributed by atoms with Gasteiger partial charge in [0.05, 0.1) is 0 Å². The highest BCUT2D eigenvalue weighted by Gasteiger charge is 2.09. The molecule has 0 radical (unpaired) electrons. The van der Waals surface area contributed by atoms with E-state index in [2.05, 4.69) is 59.5 Å². The Labute approximate surface area is 105 Å². The van der Waals surface area contributed by atoms with Gasteiger partial charge in [0.1, 0.15) is 0 Å². The average Bonchev–Trinajstić information content (AvgIpc) is 2.25. The molecule has 1 N–H and O–H groups in total. The maximum atomic E-state index is 3.51. The zero-order chi connectivity index (χ0) is 11.3. The zero-order valence-electron chi connectivity index (χ0n) is 9.51. The Balaban J connectivity index is 2.82. The van der Waals surface area contributed by atoms with Crippen LogP contribution >= 0.6 is 27.7 Å². The van der Waals surface area contributed by atoms with Crippen LogP contribution in [-0.4, -0.2) is 12.8 Å². The molecule has 15 heavy (non-hydrogen) atoms. The summed E-state index contributed by atoms with van der Waals surface area (Å²) in [6.45, 7) is 5.49. The summed E-state index contributed by atoms with van der Waals surface area (Å²) in [6.07, 6.45) is 3.30. The molecule has 84 valence electrons. The molecule has 0 saturated heterocycles. The maximum Gasteiger partial charge on any atom is 0.0302 e. The van der Waals surface area contributed by atoms with Gasteiger partial charge >= 0.3 is 0 Å². The topological polar surface area (TPSA) is 12.0 Å². The van der Waals surface area contributed by atoms with E-state index in [9.17, 15) is 0 Å². The van der Waals surface area contributed by atoms with Crippen molar-refractivity contribution < 1.29 is 0 Å². The molecule has 1 rings (SSSR count). The first kappa shape index (κ1) is 13.1. The van der Waals surface area contributed by atoms with Gasteiger partial charge in [0, 0.05) is 15.4 Å². The molecule has 0 aromatic heterocycles. The molecule has 1 aromatic carbocycles. The van der Waals surface area contributed by atoms with Crippen molar-refractivity contribution in [2.75, 3.05) is 12.8 Å². The molecule has 0 spiro atoms. The Morgan fingerprint density at radius 2 is 2.20 bits per heavy atom. The lowest BCUT2D eigenvalue weighted by Crippen LogP contribution is -2.19. The third kappa shape index (κ3) is 3.82. The van der Waals surface area contributed by atoms with Crippen molar-refractivity contribution in [1.29, 1.82) is 0 Å². The molecule has 0 heterocycles. The Bertz CT molecular complexity index is 314. The minimum atomic E-state index is 0.431. The summed E-state index contributed by atoms with van der Waals surface area (Å²) >= 11 is 5.31. The Hall–Kier alpha value is 0.01000. The monoisotopic (exact) mass is 287 g/mol. The fourth-order valence-corrected chi connectivity index (χ4v) is 2.75. The van der Waals surface area contributed by atoms with Crippen LogP contribution in [0.1, 0.15) is 31.9 Å². The van der Waals surface area contributed by atoms with Gasteiger partial charge < -0.3 is 5.32 Å². The number of rotatable bonds is 5. The molecule has 1 aromatic rings. The van der Waals surface area contributed by atoms with Crippen molar-refractivity contribution >= 4 is 27.7 Å². The third-order valence-electron chi connectivity index (χ3n) is 2.36. The Morgan fingerprint density at radius 1 is 1.47 bits per heavy atom. The van der Waals surface area contributed by atoms with Gasteiger partial charge in [-0.15, -0.1) is 11.8 Å². The van der Waals surface area contributed by atoms with Crippen molar-refractivity contribution in [3.05, 3.63) is 28.2 Å². The predicted molar refractivity (Wildman–Crippen MR) is 72.6 cm³/mol. The molecule has 0 aliphatic rings. The van der Waals surface area contributed by atoms with Gasteiger partial charge in [0.15, 0.2) is 0 Å². The number of thioether (sulfide) groups is 1. The second-order valence-electron chi connectivity index (χ2n) is 3.56. The van der Waals surface area contributed by atoms with Crippen LogP contribution in [0.4, 0.5) is 0 Å². The molecular formula is C12H18BrNS. The third-order valence-corrected chi connectivity index (χ3v) is 3.65. The first-order valence-electron chi connectivity index (χ1n) is 5.25. The van der Waals surface area contributed by atoms with Crippen LogP contribution in [0, 0.1) is 0 Å². The van der Waals surface area contributed by atoms with Gasteiger partial charge in [-0.25, -0.2) is 0 Å². The molecule has 0 bridgehead atoms. The molecule has 0 saturated carbocycles. The van der Waals surface area contributed by atoms with E-state index in [-0.39, 0.29) is 0 Å². The van der Waals surface area contributed by atoms with Crippen LogP contribution in [0.5, 0.6) is 0 Å². The van der Waals surface area contributed by atoms with Gasteiger partial charge in [-0.1, -0.05) is 28.9 Å². The minimum absolute atomic E-state index is 0.431. The van der Waals surface area contributed by atoms with Gasteiger partial charge in [-0.05, 0) is 43.8 Å². The highest BCUT2D eigenvalue weighted by molar-refractivity contribution is 9.10. The standard InChI is InChI=1S/C12H18BrNS/c1-4-7-14-9(2)11-6-5-10(13)8-12(11)15-3/h5-6,8-9,14H,4,7H2,1-3H3. The van der Waals surface area contributed by atoms with E-state index >= 15 is 0 Å². The smallest absolute Gasteiger partial charge is 0.0302 e. The fourth-order valence-electron chi connectivity index (χ4n) is 1.51. The highest BCUT2D eigenvalue weighted by atomic mass is 79.9. The molecule has 0 aliphatic carbocycles. The summed E-state index contributed by atoms with van der Waals surface area (Å²) in [5, 5.41) is 3.51. The van der Waals surface area contributed by atoms with E-state index < -0.39 is 0 Å². The van der Waals surface area contributed by atoms with Gasteiger partial charge in [-0.2, -0.15) is 0 Å². The number of hydrogen-bond acceptors (Lipinski definition) is 2. The molecule has 1 unspecified atom stereocenters. The van der Waals surface area contributed by atoms with Crippen LogP contribution < -0.4 is 5.32 Å². The van der Waals surface area contributed by atoms with Crippen LogP contribution in [0.25, 0.3) is 0 Å². The first-order chi connectivity index (χ1) is 7.19. The minimum Gasteiger partial charge on any atom is -0.310 e. The molecule has 3 heteroatoms. The van der Waals surface area contributed by atoms with E-state index in [1.165, 1.54) is 16.9 Å². The van der Waals surface area contributed by atoms with Gasteiger partial charge in [0.25, 0.3) is 0 Å². The van der Waals surface area contributed by atoms with E-state index in [4.69, 9.17) is 0 Å². The summed E-state index contributed by atoms with van der Waals surface area (Å²) in [5.74, 6) is 0. The predicted octanol–water partition coefficient (Wildman–Crippen LogP) is 4.23. The van der Waals surface area contributed by atoms with Crippen molar-refractivity contribution in [3.8, 4) is 0 Å². The zero-order valence-corrected chi connectivity index (χ0v) is 11.9. The summed E-state index contributed by atoms with van der Waals surface area (Å²) < 4.78 is 1.15. The number of hydrogen-bond donors (Lipinski definition) is 1. The molecule has 0 aliphatic heterocycles. The van der Waals surface area contributed by atoms with E-state index in [0.717, 1.165) is 11.0 Å². The second kappa shape index (κ2) is 6.56. The molecule has 0 fully saturated rings. The molecule has 0 amide bonds. The van der Waals surface area contributed by atoms with Crippen molar-refractivity contribution in [2.45, 2.75) is 31.2 Å². The maximum absolute atomic E-state index is 3.51. The summed E-state index contributed by atoms with van der Waals surface area (Å²) in [5.41, 5.74) is 1.39. The van der Waals surface area contributed by atoms with E-state index in [1.807, 2.05) is 0 Å². The van der Waals surface area contributed by atoms with Gasteiger partial charge in [0.2, 0.25) is 0 Å². The summed E-state index contributed by atoms with van der Waals surface area (Å²) in [4.78, 5) is 1.35. The van der Waals surface area contributed by atoms with Crippen molar-refractivity contribution in [3.63, 3.8) is 0 Å². The van der Waals surface area contributed by atoms with Gasteiger partial charge in [-0.3, -0.25) is 0 Å². The largest absolute Gasteiger partial charge is 0.310 e. The Kier molecular flexibility index (Phi) is 5.72. The van der Waals surface area contributed by atoms with Crippen molar-refractivity contribution in [2.24, 2.45) is 0 Å². The highest BCUT2D eigenvalue weighted by Crippen LogP contribution is 2.28. The van der Waals surface area contributed by atoms with Crippen LogP contribution in [-0.2, 0) is 0 Å². The van der Waals surface area contributed by atoms with E-state index in [0.29, 0.717) is 6.04 Å². The molecule has 1 nitrogen and oxygen atoms in total. The number of nitrogens with one attached hydrogen (secondary N) is 1. The number of halogens is 1. The average molecular weight is 288 g/mol. The lowest BCUT2D eigenvalue weighted by molar-refractivity contribution is 0.564. The molecule has 1 atom stereocenters. The second-order valence-corrected chi connectivity index (χ2v) is 5.33. The molecular weight excluding hydrogens is 270 g/mol. The summed E-state index contributed by atoms with van der Waals surface area (Å²) in [6, 6.07) is 6.92. The fraction of sp³-hybridized carbons (Fsp3) is 0.500. The lowest BCUT2D eigenvalue weighted by atomic mass is 10.1. The van der Waals surface area contributed by atoms with Crippen molar-refractivity contribution in [1.82, 2.24) is 5.32 Å². The summed E-state index contributed by atoms with van der Waals surface area (Å²) in [7, 11) is 0. The van der Waals surface area contributed by atoms with E-state index in [1.54, 1.807) is 11.8 Å². The SMILES string of the molecule is CCCNC(C)c1ccc(Br)cc1SC. The first-order valence-corrected chi connectivity index (χ1v) is 7.27. The van der Waals surface area contributed by atoms with Crippen LogP contribution in [0.15, 0.2) is 27.6 Å².